The van der Waals surface area contributed by atoms with Gasteiger partial charge in [0.1, 0.15) is 11.3 Å². The summed E-state index contributed by atoms with van der Waals surface area (Å²) < 4.78 is 27.9. The molecule has 1 atom stereocenters. The average molecular weight is 561 g/mol. The van der Waals surface area contributed by atoms with Crippen LogP contribution in [-0.2, 0) is 19.0 Å². The predicted octanol–water partition coefficient (Wildman–Crippen LogP) is 4.21. The zero-order chi connectivity index (χ0) is 26.4. The molecule has 0 aliphatic carbocycles. The number of halogens is 1. The summed E-state index contributed by atoms with van der Waals surface area (Å²) in [6.45, 7) is 3.47. The molecule has 3 rings (SSSR count). The molecule has 1 heterocycles. The van der Waals surface area contributed by atoms with E-state index in [0.717, 1.165) is 0 Å². The van der Waals surface area contributed by atoms with E-state index in [9.17, 15) is 14.4 Å². The summed E-state index contributed by atoms with van der Waals surface area (Å²) in [7, 11) is 3.84. The standard InChI is InChI=1S/C25H25BrN2O8/c1-6-35-23(29)14(2)36-22-17(26)12-15(13-18(22)32-3)20-19(24(30)33-4)21(25(31)34-5)28(27-20)16-10-8-7-9-11-16/h7-14H,6H2,1-5H3. The molecule has 1 aromatic heterocycles. The molecule has 0 fully saturated rings. The Morgan fingerprint density at radius 2 is 1.69 bits per heavy atom. The van der Waals surface area contributed by atoms with E-state index < -0.39 is 24.0 Å². The lowest BCUT2D eigenvalue weighted by Crippen LogP contribution is -2.26. The van der Waals surface area contributed by atoms with Crippen LogP contribution >= 0.6 is 15.9 Å². The van der Waals surface area contributed by atoms with Gasteiger partial charge in [-0.2, -0.15) is 5.10 Å². The third-order valence-electron chi connectivity index (χ3n) is 5.07. The van der Waals surface area contributed by atoms with Gasteiger partial charge in [0.05, 0.1) is 38.1 Å². The Hall–Kier alpha value is -3.86. The number of esters is 3. The Balaban J connectivity index is 2.23. The number of benzene rings is 2. The van der Waals surface area contributed by atoms with E-state index in [-0.39, 0.29) is 35.1 Å². The predicted molar refractivity (Wildman–Crippen MR) is 133 cm³/mol. The maximum Gasteiger partial charge on any atom is 0.357 e. The van der Waals surface area contributed by atoms with Crippen LogP contribution in [0.2, 0.25) is 0 Å². The van der Waals surface area contributed by atoms with Crippen molar-refractivity contribution < 1.29 is 38.1 Å². The molecule has 0 spiro atoms. The lowest BCUT2D eigenvalue weighted by Gasteiger charge is -2.18. The van der Waals surface area contributed by atoms with Crippen molar-refractivity contribution in [2.75, 3.05) is 27.9 Å². The highest BCUT2D eigenvalue weighted by atomic mass is 79.9. The van der Waals surface area contributed by atoms with Gasteiger partial charge >= 0.3 is 17.9 Å². The van der Waals surface area contributed by atoms with Gasteiger partial charge in [-0.05, 0) is 54.0 Å². The second kappa shape index (κ2) is 11.7. The van der Waals surface area contributed by atoms with E-state index in [4.69, 9.17) is 23.7 Å². The maximum atomic E-state index is 12.9. The normalized spacial score (nSPS) is 11.4. The lowest BCUT2D eigenvalue weighted by molar-refractivity contribution is -0.150. The quantitative estimate of drug-likeness (QED) is 0.280. The first kappa shape index (κ1) is 26.7. The van der Waals surface area contributed by atoms with Gasteiger partial charge in [-0.1, -0.05) is 18.2 Å². The molecular formula is C25H25BrN2O8. The summed E-state index contributed by atoms with van der Waals surface area (Å²) >= 11 is 3.44. The number of methoxy groups -OCH3 is 3. The molecular weight excluding hydrogens is 536 g/mol. The number of para-hydroxylation sites is 1. The van der Waals surface area contributed by atoms with Crippen LogP contribution in [0.1, 0.15) is 34.7 Å². The first-order chi connectivity index (χ1) is 17.3. The summed E-state index contributed by atoms with van der Waals surface area (Å²) in [6, 6.07) is 12.0. The SMILES string of the molecule is CCOC(=O)C(C)Oc1c(Br)cc(-c2nn(-c3ccccc3)c(C(=O)OC)c2C(=O)OC)cc1OC. The van der Waals surface area contributed by atoms with Crippen LogP contribution in [0, 0.1) is 0 Å². The molecule has 0 radical (unpaired) electrons. The summed E-state index contributed by atoms with van der Waals surface area (Å²) in [5.41, 5.74) is 0.904. The van der Waals surface area contributed by atoms with Gasteiger partial charge in [-0.3, -0.25) is 0 Å². The molecule has 0 bridgehead atoms. The van der Waals surface area contributed by atoms with Gasteiger partial charge in [0.15, 0.2) is 23.3 Å². The van der Waals surface area contributed by atoms with Crippen molar-refractivity contribution >= 4 is 33.8 Å². The molecule has 0 aliphatic rings. The van der Waals surface area contributed by atoms with E-state index in [0.29, 0.717) is 15.7 Å². The highest BCUT2D eigenvalue weighted by molar-refractivity contribution is 9.10. The minimum Gasteiger partial charge on any atom is -0.493 e. The zero-order valence-electron chi connectivity index (χ0n) is 20.4. The van der Waals surface area contributed by atoms with Gasteiger partial charge in [0.25, 0.3) is 0 Å². The molecule has 36 heavy (non-hydrogen) atoms. The van der Waals surface area contributed by atoms with Crippen LogP contribution in [0.5, 0.6) is 11.5 Å². The molecule has 0 amide bonds. The maximum absolute atomic E-state index is 12.9. The summed E-state index contributed by atoms with van der Waals surface area (Å²) in [4.78, 5) is 37.7. The van der Waals surface area contributed by atoms with Gasteiger partial charge < -0.3 is 23.7 Å². The van der Waals surface area contributed by atoms with Gasteiger partial charge in [-0.15, -0.1) is 0 Å². The summed E-state index contributed by atoms with van der Waals surface area (Å²) in [5, 5.41) is 4.57. The van der Waals surface area contributed by atoms with Crippen molar-refractivity contribution in [2.24, 2.45) is 0 Å². The van der Waals surface area contributed by atoms with Crippen molar-refractivity contribution in [3.05, 3.63) is 58.2 Å². The Kier molecular flexibility index (Phi) is 8.70. The number of carbonyl (C=O) groups is 3. The number of aromatic nitrogens is 2. The monoisotopic (exact) mass is 560 g/mol. The number of hydrogen-bond acceptors (Lipinski definition) is 9. The zero-order valence-corrected chi connectivity index (χ0v) is 22.0. The highest BCUT2D eigenvalue weighted by Crippen LogP contribution is 2.41. The van der Waals surface area contributed by atoms with Crippen molar-refractivity contribution in [1.82, 2.24) is 9.78 Å². The van der Waals surface area contributed by atoms with E-state index >= 15 is 0 Å². The molecule has 0 saturated heterocycles. The number of nitrogens with zero attached hydrogens (tertiary/aromatic N) is 2. The van der Waals surface area contributed by atoms with Crippen LogP contribution < -0.4 is 9.47 Å². The highest BCUT2D eigenvalue weighted by Gasteiger charge is 2.32. The van der Waals surface area contributed by atoms with Gasteiger partial charge in [0, 0.05) is 5.56 Å². The average Bonchev–Trinajstić information content (AvgIpc) is 3.30. The minimum absolute atomic E-state index is 0.0873. The first-order valence-corrected chi connectivity index (χ1v) is 11.6. The molecule has 2 aromatic carbocycles. The molecule has 190 valence electrons. The molecule has 10 nitrogen and oxygen atoms in total. The van der Waals surface area contributed by atoms with Crippen molar-refractivity contribution in [1.29, 1.82) is 0 Å². The number of carbonyl (C=O) groups excluding carboxylic acids is 3. The van der Waals surface area contributed by atoms with Crippen molar-refractivity contribution in [2.45, 2.75) is 20.0 Å². The van der Waals surface area contributed by atoms with Gasteiger partial charge in [-0.25, -0.2) is 19.1 Å². The Labute approximate surface area is 216 Å². The second-order valence-corrected chi connectivity index (χ2v) is 8.16. The molecule has 0 saturated carbocycles. The summed E-state index contributed by atoms with van der Waals surface area (Å²) in [6.07, 6.45) is -0.908. The number of rotatable bonds is 9. The van der Waals surface area contributed by atoms with Crippen LogP contribution in [0.15, 0.2) is 46.9 Å². The largest absolute Gasteiger partial charge is 0.493 e. The fourth-order valence-electron chi connectivity index (χ4n) is 3.41. The fourth-order valence-corrected chi connectivity index (χ4v) is 3.95. The van der Waals surface area contributed by atoms with Gasteiger partial charge in [0.2, 0.25) is 0 Å². The van der Waals surface area contributed by atoms with E-state index in [1.54, 1.807) is 50.2 Å². The molecule has 3 aromatic rings. The van der Waals surface area contributed by atoms with Crippen molar-refractivity contribution in [3.8, 4) is 28.4 Å². The third-order valence-corrected chi connectivity index (χ3v) is 5.66. The first-order valence-electron chi connectivity index (χ1n) is 10.8. The van der Waals surface area contributed by atoms with E-state index in [1.165, 1.54) is 26.0 Å². The van der Waals surface area contributed by atoms with Crippen LogP contribution in [0.25, 0.3) is 16.9 Å². The van der Waals surface area contributed by atoms with Crippen LogP contribution in [0.3, 0.4) is 0 Å². The van der Waals surface area contributed by atoms with Crippen molar-refractivity contribution in [3.63, 3.8) is 0 Å². The fraction of sp³-hybridized carbons (Fsp3) is 0.280. The smallest absolute Gasteiger partial charge is 0.357 e. The second-order valence-electron chi connectivity index (χ2n) is 7.30. The Morgan fingerprint density at radius 1 is 1.03 bits per heavy atom. The Morgan fingerprint density at radius 3 is 2.28 bits per heavy atom. The van der Waals surface area contributed by atoms with E-state index in [1.807, 2.05) is 6.07 Å². The van der Waals surface area contributed by atoms with Crippen LogP contribution in [0.4, 0.5) is 0 Å². The summed E-state index contributed by atoms with van der Waals surface area (Å²) in [5.74, 6) is -1.59. The van der Waals surface area contributed by atoms with Crippen LogP contribution in [-0.4, -0.2) is 61.7 Å². The molecule has 0 aliphatic heterocycles. The molecule has 0 N–H and O–H groups in total. The topological polar surface area (TPSA) is 115 Å². The Bertz CT molecular complexity index is 1270. The number of hydrogen-bond donors (Lipinski definition) is 0. The third kappa shape index (κ3) is 5.35. The van der Waals surface area contributed by atoms with E-state index in [2.05, 4.69) is 21.0 Å². The molecule has 11 heteroatoms. The number of ether oxygens (including phenoxy) is 5. The minimum atomic E-state index is -0.908. The lowest BCUT2D eigenvalue weighted by atomic mass is 10.0. The molecule has 1 unspecified atom stereocenters.